The van der Waals surface area contributed by atoms with Crippen LogP contribution in [0.5, 0.6) is 0 Å². The van der Waals surface area contributed by atoms with Crippen molar-refractivity contribution in [3.05, 3.63) is 29.3 Å². The SMILES string of the molecule is O=C(C1CCNCC1)N1CCC(c2nc3ccccc3s2)CC1. The lowest BCUT2D eigenvalue weighted by molar-refractivity contribution is -0.137. The first kappa shape index (κ1) is 15.1. The van der Waals surface area contributed by atoms with E-state index in [1.165, 1.54) is 9.71 Å². The number of hydrogen-bond acceptors (Lipinski definition) is 4. The van der Waals surface area contributed by atoms with Crippen molar-refractivity contribution in [3.63, 3.8) is 0 Å². The van der Waals surface area contributed by atoms with Crippen molar-refractivity contribution in [2.24, 2.45) is 5.92 Å². The summed E-state index contributed by atoms with van der Waals surface area (Å²) in [6.07, 6.45) is 4.10. The van der Waals surface area contributed by atoms with Gasteiger partial charge in [-0.1, -0.05) is 12.1 Å². The monoisotopic (exact) mass is 329 g/mol. The van der Waals surface area contributed by atoms with E-state index in [1.54, 1.807) is 0 Å². The van der Waals surface area contributed by atoms with E-state index < -0.39 is 0 Å². The fraction of sp³-hybridized carbons (Fsp3) is 0.556. The molecule has 0 atom stereocenters. The van der Waals surface area contributed by atoms with Gasteiger partial charge in [-0.25, -0.2) is 4.98 Å². The van der Waals surface area contributed by atoms with Crippen molar-refractivity contribution in [1.29, 1.82) is 0 Å². The molecule has 0 saturated carbocycles. The van der Waals surface area contributed by atoms with Crippen molar-refractivity contribution >= 4 is 27.5 Å². The number of amides is 1. The van der Waals surface area contributed by atoms with Crippen LogP contribution in [0.4, 0.5) is 0 Å². The molecule has 4 rings (SSSR count). The molecule has 3 heterocycles. The first-order chi connectivity index (χ1) is 11.3. The molecule has 0 unspecified atom stereocenters. The summed E-state index contributed by atoms with van der Waals surface area (Å²) in [5, 5.41) is 4.59. The number of para-hydroxylation sites is 1. The van der Waals surface area contributed by atoms with Crippen LogP contribution in [0.1, 0.15) is 36.6 Å². The number of carbonyl (C=O) groups excluding carboxylic acids is 1. The van der Waals surface area contributed by atoms with Gasteiger partial charge in [-0.15, -0.1) is 11.3 Å². The van der Waals surface area contributed by atoms with E-state index in [0.29, 0.717) is 11.8 Å². The average Bonchev–Trinajstić information content (AvgIpc) is 3.06. The van der Waals surface area contributed by atoms with E-state index in [4.69, 9.17) is 4.98 Å². The first-order valence-corrected chi connectivity index (χ1v) is 9.48. The van der Waals surface area contributed by atoms with Crippen LogP contribution >= 0.6 is 11.3 Å². The zero-order valence-electron chi connectivity index (χ0n) is 13.3. The largest absolute Gasteiger partial charge is 0.342 e. The maximum atomic E-state index is 12.6. The molecule has 122 valence electrons. The Balaban J connectivity index is 1.39. The maximum Gasteiger partial charge on any atom is 0.225 e. The van der Waals surface area contributed by atoms with Gasteiger partial charge in [0.2, 0.25) is 5.91 Å². The van der Waals surface area contributed by atoms with Gasteiger partial charge in [0.1, 0.15) is 0 Å². The summed E-state index contributed by atoms with van der Waals surface area (Å²) in [4.78, 5) is 19.5. The predicted octanol–water partition coefficient (Wildman–Crippen LogP) is 3.00. The highest BCUT2D eigenvalue weighted by molar-refractivity contribution is 7.18. The lowest BCUT2D eigenvalue weighted by atomic mass is 9.93. The van der Waals surface area contributed by atoms with Crippen LogP contribution in [-0.2, 0) is 4.79 Å². The number of piperidine rings is 2. The highest BCUT2D eigenvalue weighted by Crippen LogP contribution is 2.34. The van der Waals surface area contributed by atoms with E-state index >= 15 is 0 Å². The average molecular weight is 329 g/mol. The molecule has 4 nitrogen and oxygen atoms in total. The number of rotatable bonds is 2. The Morgan fingerprint density at radius 2 is 1.87 bits per heavy atom. The van der Waals surface area contributed by atoms with Gasteiger partial charge in [0, 0.05) is 24.9 Å². The molecule has 2 saturated heterocycles. The summed E-state index contributed by atoms with van der Waals surface area (Å²) in [5.74, 6) is 1.15. The third-order valence-corrected chi connectivity index (χ3v) is 6.35. The van der Waals surface area contributed by atoms with E-state index in [1.807, 2.05) is 17.4 Å². The highest BCUT2D eigenvalue weighted by atomic mass is 32.1. The summed E-state index contributed by atoms with van der Waals surface area (Å²) in [6.45, 7) is 3.75. The maximum absolute atomic E-state index is 12.6. The summed E-state index contributed by atoms with van der Waals surface area (Å²) in [5.41, 5.74) is 1.11. The Morgan fingerprint density at radius 1 is 1.13 bits per heavy atom. The van der Waals surface area contributed by atoms with Crippen LogP contribution in [0, 0.1) is 5.92 Å². The molecule has 2 aliphatic heterocycles. The summed E-state index contributed by atoms with van der Waals surface area (Å²) in [7, 11) is 0. The van der Waals surface area contributed by atoms with Crippen LogP contribution in [0.25, 0.3) is 10.2 Å². The summed E-state index contributed by atoms with van der Waals surface area (Å²) >= 11 is 1.82. The lowest BCUT2D eigenvalue weighted by Gasteiger charge is -2.34. The fourth-order valence-electron chi connectivity index (χ4n) is 3.74. The Kier molecular flexibility index (Phi) is 4.31. The van der Waals surface area contributed by atoms with Gasteiger partial charge >= 0.3 is 0 Å². The van der Waals surface area contributed by atoms with Gasteiger partial charge < -0.3 is 10.2 Å². The highest BCUT2D eigenvalue weighted by Gasteiger charge is 2.30. The Morgan fingerprint density at radius 3 is 2.61 bits per heavy atom. The number of benzene rings is 1. The van der Waals surface area contributed by atoms with E-state index in [-0.39, 0.29) is 5.92 Å². The van der Waals surface area contributed by atoms with Crippen molar-refractivity contribution in [2.75, 3.05) is 26.2 Å². The van der Waals surface area contributed by atoms with Crippen LogP contribution in [0.2, 0.25) is 0 Å². The third kappa shape index (κ3) is 3.12. The van der Waals surface area contributed by atoms with Gasteiger partial charge in [0.05, 0.1) is 15.2 Å². The summed E-state index contributed by atoms with van der Waals surface area (Å²) < 4.78 is 1.27. The van der Waals surface area contributed by atoms with Crippen molar-refractivity contribution in [1.82, 2.24) is 15.2 Å². The molecule has 1 aromatic heterocycles. The van der Waals surface area contributed by atoms with Crippen LogP contribution in [-0.4, -0.2) is 42.0 Å². The minimum atomic E-state index is 0.246. The van der Waals surface area contributed by atoms with Crippen molar-refractivity contribution < 1.29 is 4.79 Å². The lowest BCUT2D eigenvalue weighted by Crippen LogP contribution is -2.44. The Labute approximate surface area is 140 Å². The van der Waals surface area contributed by atoms with Crippen LogP contribution < -0.4 is 5.32 Å². The van der Waals surface area contributed by atoms with Crippen LogP contribution in [0.3, 0.4) is 0 Å². The minimum Gasteiger partial charge on any atom is -0.342 e. The van der Waals surface area contributed by atoms with Gasteiger partial charge in [-0.2, -0.15) is 0 Å². The second-order valence-corrected chi connectivity index (χ2v) is 7.71. The number of hydrogen-bond donors (Lipinski definition) is 1. The molecule has 2 aromatic rings. The van der Waals surface area contributed by atoms with Gasteiger partial charge in [-0.05, 0) is 50.9 Å². The molecule has 0 spiro atoms. The second kappa shape index (κ2) is 6.57. The van der Waals surface area contributed by atoms with E-state index in [0.717, 1.165) is 57.4 Å². The van der Waals surface area contributed by atoms with Gasteiger partial charge in [-0.3, -0.25) is 4.79 Å². The van der Waals surface area contributed by atoms with Crippen molar-refractivity contribution in [2.45, 2.75) is 31.6 Å². The number of fused-ring (bicyclic) bond motifs is 1. The molecule has 23 heavy (non-hydrogen) atoms. The normalized spacial score (nSPS) is 21.0. The Bertz CT molecular complexity index is 651. The van der Waals surface area contributed by atoms with Crippen molar-refractivity contribution in [3.8, 4) is 0 Å². The predicted molar refractivity (Wildman–Crippen MR) is 93.8 cm³/mol. The molecule has 1 N–H and O–H groups in total. The molecular weight excluding hydrogens is 306 g/mol. The second-order valence-electron chi connectivity index (χ2n) is 6.64. The van der Waals surface area contributed by atoms with Gasteiger partial charge in [0.25, 0.3) is 0 Å². The standard InChI is InChI=1S/C18H23N3OS/c22-18(14-5-9-19-10-6-14)21-11-7-13(8-12-21)17-20-15-3-1-2-4-16(15)23-17/h1-4,13-14,19H,5-12H2. The number of thiazole rings is 1. The zero-order valence-corrected chi connectivity index (χ0v) is 14.1. The smallest absolute Gasteiger partial charge is 0.225 e. The zero-order chi connectivity index (χ0) is 15.6. The number of likely N-dealkylation sites (tertiary alicyclic amines) is 1. The molecule has 0 bridgehead atoms. The number of nitrogens with one attached hydrogen (secondary N) is 1. The molecule has 5 heteroatoms. The molecule has 1 aromatic carbocycles. The summed E-state index contributed by atoms with van der Waals surface area (Å²) in [6, 6.07) is 8.36. The minimum absolute atomic E-state index is 0.246. The molecular formula is C18H23N3OS. The number of nitrogens with zero attached hydrogens (tertiary/aromatic N) is 2. The molecule has 2 fully saturated rings. The van der Waals surface area contributed by atoms with Crippen LogP contribution in [0.15, 0.2) is 24.3 Å². The number of carbonyl (C=O) groups is 1. The number of aromatic nitrogens is 1. The molecule has 1 amide bonds. The first-order valence-electron chi connectivity index (χ1n) is 8.66. The molecule has 0 aliphatic carbocycles. The van der Waals surface area contributed by atoms with E-state index in [2.05, 4.69) is 28.4 Å². The van der Waals surface area contributed by atoms with E-state index in [9.17, 15) is 4.79 Å². The fourth-order valence-corrected chi connectivity index (χ4v) is 4.88. The Hall–Kier alpha value is -1.46. The van der Waals surface area contributed by atoms with Gasteiger partial charge in [0.15, 0.2) is 0 Å². The molecule has 2 aliphatic rings. The third-order valence-electron chi connectivity index (χ3n) is 5.15. The quantitative estimate of drug-likeness (QED) is 0.921. The topological polar surface area (TPSA) is 45.2 Å². The molecule has 0 radical (unpaired) electrons.